The van der Waals surface area contributed by atoms with E-state index in [1.54, 1.807) is 30.3 Å². The molecule has 1 atom stereocenters. The topological polar surface area (TPSA) is 109 Å². The van der Waals surface area contributed by atoms with Gasteiger partial charge in [0.05, 0.1) is 28.4 Å². The molecule has 7 nitrogen and oxygen atoms in total. The molecule has 0 amide bonds. The van der Waals surface area contributed by atoms with Crippen LogP contribution in [0, 0.1) is 11.3 Å². The monoisotopic (exact) mass is 413 g/mol. The van der Waals surface area contributed by atoms with E-state index in [1.807, 2.05) is 43.3 Å². The first kappa shape index (κ1) is 20.4. The summed E-state index contributed by atoms with van der Waals surface area (Å²) in [5.41, 5.74) is 4.49. The molecule has 0 unspecified atom stereocenters. The van der Waals surface area contributed by atoms with E-state index in [9.17, 15) is 15.2 Å². The predicted octanol–water partition coefficient (Wildman–Crippen LogP) is 3.35. The van der Waals surface area contributed by atoms with Gasteiger partial charge >= 0.3 is 0 Å². The van der Waals surface area contributed by atoms with Crippen molar-refractivity contribution in [3.8, 4) is 17.5 Å². The number of aliphatic hydroxyl groups is 1. The van der Waals surface area contributed by atoms with E-state index in [0.29, 0.717) is 41.0 Å². The quantitative estimate of drug-likeness (QED) is 0.420. The van der Waals surface area contributed by atoms with Crippen LogP contribution in [0.3, 0.4) is 0 Å². The maximum atomic E-state index is 12.8. The van der Waals surface area contributed by atoms with Crippen LogP contribution in [-0.2, 0) is 12.8 Å². The zero-order chi connectivity index (χ0) is 22.0. The van der Waals surface area contributed by atoms with Gasteiger partial charge in [-0.05, 0) is 35.7 Å². The van der Waals surface area contributed by atoms with Crippen LogP contribution in [0.15, 0.2) is 59.5 Å². The Morgan fingerprint density at radius 2 is 2.00 bits per heavy atom. The molecule has 0 saturated heterocycles. The van der Waals surface area contributed by atoms with Gasteiger partial charge in [0.25, 0.3) is 5.56 Å². The summed E-state index contributed by atoms with van der Waals surface area (Å²) >= 11 is 0. The zero-order valence-electron chi connectivity index (χ0n) is 17.4. The number of likely N-dealkylation sites (N-methyl/N-ethyl adjacent to an activating group) is 1. The fourth-order valence-electron chi connectivity index (χ4n) is 3.75. The van der Waals surface area contributed by atoms with Crippen molar-refractivity contribution < 1.29 is 5.11 Å². The smallest absolute Gasteiger partial charge is 0.261 e. The van der Waals surface area contributed by atoms with Gasteiger partial charge in [0.2, 0.25) is 0 Å². The second kappa shape index (κ2) is 8.46. The van der Waals surface area contributed by atoms with Gasteiger partial charge in [-0.2, -0.15) is 5.26 Å². The van der Waals surface area contributed by atoms with Crippen molar-refractivity contribution in [2.24, 2.45) is 0 Å². The number of benzene rings is 2. The number of hydrogen-bond donors (Lipinski definition) is 3. The first-order valence-corrected chi connectivity index (χ1v) is 10.1. The second-order valence-corrected chi connectivity index (χ2v) is 7.43. The SMILES string of the molecule is CCc1cc(C#N)cc2[nH]c(-c3c(N(C)[C@@H](O)Cc4ccccc4)cc[nH]c3=O)nc12. The summed E-state index contributed by atoms with van der Waals surface area (Å²) in [4.78, 5) is 25.1. The molecule has 0 saturated carbocycles. The molecule has 3 N–H and O–H groups in total. The van der Waals surface area contributed by atoms with E-state index in [0.717, 1.165) is 16.6 Å². The first-order valence-electron chi connectivity index (χ1n) is 10.1. The van der Waals surface area contributed by atoms with Crippen molar-refractivity contribution >= 4 is 16.7 Å². The maximum Gasteiger partial charge on any atom is 0.261 e. The molecule has 31 heavy (non-hydrogen) atoms. The Kier molecular flexibility index (Phi) is 5.56. The molecule has 0 aliphatic heterocycles. The van der Waals surface area contributed by atoms with Crippen LogP contribution >= 0.6 is 0 Å². The van der Waals surface area contributed by atoms with E-state index in [4.69, 9.17) is 0 Å². The van der Waals surface area contributed by atoms with Gasteiger partial charge in [0.1, 0.15) is 17.6 Å². The van der Waals surface area contributed by atoms with Crippen molar-refractivity contribution in [2.75, 3.05) is 11.9 Å². The molecular weight excluding hydrogens is 390 g/mol. The lowest BCUT2D eigenvalue weighted by atomic mass is 10.1. The van der Waals surface area contributed by atoms with Crippen molar-refractivity contribution in [1.29, 1.82) is 5.26 Å². The van der Waals surface area contributed by atoms with Gasteiger partial charge < -0.3 is 20.0 Å². The van der Waals surface area contributed by atoms with Gasteiger partial charge in [-0.3, -0.25) is 4.79 Å². The minimum absolute atomic E-state index is 0.311. The van der Waals surface area contributed by atoms with E-state index in [1.165, 1.54) is 0 Å². The van der Waals surface area contributed by atoms with Gasteiger partial charge in [0, 0.05) is 19.7 Å². The Bertz CT molecular complexity index is 1320. The molecule has 7 heteroatoms. The summed E-state index contributed by atoms with van der Waals surface area (Å²) in [6.07, 6.45) is 1.85. The Labute approximate surface area is 179 Å². The number of aromatic nitrogens is 3. The fourth-order valence-corrected chi connectivity index (χ4v) is 3.75. The lowest BCUT2D eigenvalue weighted by Crippen LogP contribution is -2.34. The number of imidazole rings is 1. The molecule has 0 spiro atoms. The number of rotatable bonds is 6. The number of fused-ring (bicyclic) bond motifs is 1. The minimum Gasteiger partial charge on any atom is -0.373 e. The number of pyridine rings is 1. The van der Waals surface area contributed by atoms with E-state index in [2.05, 4.69) is 21.0 Å². The number of nitrogens with zero attached hydrogens (tertiary/aromatic N) is 3. The number of aliphatic hydroxyl groups excluding tert-OH is 1. The molecule has 0 bridgehead atoms. The van der Waals surface area contributed by atoms with Gasteiger partial charge in [-0.25, -0.2) is 4.98 Å². The van der Waals surface area contributed by atoms with E-state index < -0.39 is 6.23 Å². The highest BCUT2D eigenvalue weighted by Crippen LogP contribution is 2.29. The van der Waals surface area contributed by atoms with Crippen LogP contribution in [0.5, 0.6) is 0 Å². The number of anilines is 1. The molecule has 0 radical (unpaired) electrons. The Morgan fingerprint density at radius 3 is 2.71 bits per heavy atom. The molecule has 0 fully saturated rings. The third kappa shape index (κ3) is 3.93. The average Bonchev–Trinajstić information content (AvgIpc) is 3.21. The molecule has 2 heterocycles. The molecule has 0 aliphatic rings. The van der Waals surface area contributed by atoms with Crippen LogP contribution in [0.2, 0.25) is 0 Å². The number of hydrogen-bond acceptors (Lipinski definition) is 5. The van der Waals surface area contributed by atoms with Crippen LogP contribution in [0.4, 0.5) is 5.69 Å². The summed E-state index contributed by atoms with van der Waals surface area (Å²) in [7, 11) is 1.75. The third-order valence-electron chi connectivity index (χ3n) is 5.44. The number of nitrogens with one attached hydrogen (secondary N) is 2. The first-order chi connectivity index (χ1) is 15.0. The Morgan fingerprint density at radius 1 is 1.23 bits per heavy atom. The number of aromatic amines is 2. The van der Waals surface area contributed by atoms with Crippen molar-refractivity contribution in [2.45, 2.75) is 26.0 Å². The van der Waals surface area contributed by atoms with Crippen molar-refractivity contribution in [3.63, 3.8) is 0 Å². The summed E-state index contributed by atoms with van der Waals surface area (Å²) in [6, 6.07) is 17.2. The van der Waals surface area contributed by atoms with Crippen molar-refractivity contribution in [1.82, 2.24) is 15.0 Å². The molecule has 2 aromatic heterocycles. The molecule has 2 aromatic carbocycles. The molecule has 156 valence electrons. The minimum atomic E-state index is -0.830. The van der Waals surface area contributed by atoms with Crippen LogP contribution in [0.25, 0.3) is 22.4 Å². The van der Waals surface area contributed by atoms with Crippen molar-refractivity contribution in [3.05, 3.63) is 81.8 Å². The lowest BCUT2D eigenvalue weighted by molar-refractivity contribution is 0.175. The highest BCUT2D eigenvalue weighted by Gasteiger charge is 2.21. The number of aryl methyl sites for hydroxylation is 1. The zero-order valence-corrected chi connectivity index (χ0v) is 17.4. The predicted molar refractivity (Wildman–Crippen MR) is 121 cm³/mol. The van der Waals surface area contributed by atoms with Gasteiger partial charge in [-0.1, -0.05) is 37.3 Å². The molecule has 0 aliphatic carbocycles. The van der Waals surface area contributed by atoms with Crippen LogP contribution < -0.4 is 10.5 Å². The van der Waals surface area contributed by atoms with E-state index in [-0.39, 0.29) is 5.56 Å². The number of nitriles is 1. The van der Waals surface area contributed by atoms with E-state index >= 15 is 0 Å². The number of H-pyrrole nitrogens is 2. The standard InChI is InChI=1S/C24H23N5O2/c1-3-17-11-16(14-25)12-18-22(17)28-23(27-18)21-19(9-10-26-24(21)31)29(2)20(30)13-15-7-5-4-6-8-15/h4-12,20,30H,3,13H2,1-2H3,(H,26,31)(H,27,28)/t20-/m0/s1. The lowest BCUT2D eigenvalue weighted by Gasteiger charge is -2.27. The highest BCUT2D eigenvalue weighted by molar-refractivity contribution is 5.86. The normalized spacial score (nSPS) is 11.9. The fraction of sp³-hybridized carbons (Fsp3) is 0.208. The summed E-state index contributed by atoms with van der Waals surface area (Å²) in [5, 5.41) is 20.1. The van der Waals surface area contributed by atoms with Gasteiger partial charge in [-0.15, -0.1) is 0 Å². The van der Waals surface area contributed by atoms with Crippen LogP contribution in [-0.4, -0.2) is 33.3 Å². The van der Waals surface area contributed by atoms with Crippen LogP contribution in [0.1, 0.15) is 23.6 Å². The largest absolute Gasteiger partial charge is 0.373 e. The highest BCUT2D eigenvalue weighted by atomic mass is 16.3. The molecular formula is C24H23N5O2. The Balaban J connectivity index is 1.78. The summed E-state index contributed by atoms with van der Waals surface area (Å²) in [6.45, 7) is 2.00. The third-order valence-corrected chi connectivity index (χ3v) is 5.44. The maximum absolute atomic E-state index is 12.8. The summed E-state index contributed by atoms with van der Waals surface area (Å²) in [5.74, 6) is 0.399. The average molecular weight is 413 g/mol. The summed E-state index contributed by atoms with van der Waals surface area (Å²) < 4.78 is 0. The molecule has 4 aromatic rings. The second-order valence-electron chi connectivity index (χ2n) is 7.43. The molecule has 4 rings (SSSR count). The van der Waals surface area contributed by atoms with Gasteiger partial charge in [0.15, 0.2) is 0 Å². The Hall–Kier alpha value is -3.89.